The summed E-state index contributed by atoms with van der Waals surface area (Å²) in [6.07, 6.45) is 11.3. The minimum atomic E-state index is -0.0999. The number of nitrogens with zero attached hydrogens (tertiary/aromatic N) is 3. The van der Waals surface area contributed by atoms with Crippen LogP contribution in [0, 0.1) is 0 Å². The quantitative estimate of drug-likeness (QED) is 0.811. The van der Waals surface area contributed by atoms with Gasteiger partial charge in [-0.3, -0.25) is 4.79 Å². The first-order valence-corrected chi connectivity index (χ1v) is 11.1. The Labute approximate surface area is 173 Å². The van der Waals surface area contributed by atoms with Gasteiger partial charge in [0.25, 0.3) is 5.91 Å². The molecule has 3 rings (SSSR count). The standard InChI is InChI=1S/C22H35N5O2/c1-3-27-13-11-9-7-5-4-6-8-10-12-17(16-27)23-22(28)18-14-19-20(25-26-24-19)15-21(18)29-2/h14-15,17H,3-13,16H2,1-2H3,(H,23,28)(H,24,25,26). The molecule has 2 N–H and O–H groups in total. The van der Waals surface area contributed by atoms with E-state index in [4.69, 9.17) is 4.74 Å². The second-order valence-corrected chi connectivity index (χ2v) is 8.05. The highest BCUT2D eigenvalue weighted by molar-refractivity contribution is 6.00. The number of carbonyl (C=O) groups excluding carboxylic acids is 1. The normalized spacial score (nSPS) is 20.4. The summed E-state index contributed by atoms with van der Waals surface area (Å²) in [6.45, 7) is 5.23. The predicted molar refractivity (Wildman–Crippen MR) is 115 cm³/mol. The van der Waals surface area contributed by atoms with Crippen LogP contribution in [0.4, 0.5) is 0 Å². The highest BCUT2D eigenvalue weighted by Crippen LogP contribution is 2.24. The molecule has 2 aromatic rings. The molecular weight excluding hydrogens is 366 g/mol. The molecule has 1 saturated heterocycles. The summed E-state index contributed by atoms with van der Waals surface area (Å²) in [5.41, 5.74) is 1.87. The van der Waals surface area contributed by atoms with Gasteiger partial charge in [0.1, 0.15) is 16.8 Å². The first-order valence-electron chi connectivity index (χ1n) is 11.1. The van der Waals surface area contributed by atoms with Crippen molar-refractivity contribution in [3.8, 4) is 5.75 Å². The molecule has 7 nitrogen and oxygen atoms in total. The van der Waals surface area contributed by atoms with E-state index >= 15 is 0 Å². The van der Waals surface area contributed by atoms with E-state index in [2.05, 4.69) is 32.6 Å². The Morgan fingerprint density at radius 2 is 1.76 bits per heavy atom. The van der Waals surface area contributed by atoms with E-state index in [1.165, 1.54) is 44.9 Å². The number of hydrogen-bond donors (Lipinski definition) is 2. The number of benzene rings is 1. The Bertz CT molecular complexity index is 776. The van der Waals surface area contributed by atoms with Crippen molar-refractivity contribution in [3.05, 3.63) is 17.7 Å². The number of carbonyl (C=O) groups is 1. The van der Waals surface area contributed by atoms with Gasteiger partial charge in [-0.2, -0.15) is 15.4 Å². The molecule has 1 aromatic heterocycles. The number of ether oxygens (including phenoxy) is 1. The molecule has 7 heteroatoms. The van der Waals surface area contributed by atoms with Crippen LogP contribution in [-0.2, 0) is 0 Å². The lowest BCUT2D eigenvalue weighted by Crippen LogP contribution is -2.44. The van der Waals surface area contributed by atoms with E-state index in [-0.39, 0.29) is 11.9 Å². The van der Waals surface area contributed by atoms with E-state index in [0.717, 1.165) is 32.5 Å². The molecule has 1 amide bonds. The summed E-state index contributed by atoms with van der Waals surface area (Å²) in [7, 11) is 1.58. The zero-order valence-corrected chi connectivity index (χ0v) is 17.9. The van der Waals surface area contributed by atoms with Crippen molar-refractivity contribution in [1.29, 1.82) is 0 Å². The van der Waals surface area contributed by atoms with Gasteiger partial charge in [-0.15, -0.1) is 0 Å². The fraction of sp³-hybridized carbons (Fsp3) is 0.682. The Hall–Kier alpha value is -2.15. The molecule has 29 heavy (non-hydrogen) atoms. The number of methoxy groups -OCH3 is 1. The Kier molecular flexibility index (Phi) is 8.28. The molecule has 160 valence electrons. The predicted octanol–water partition coefficient (Wildman–Crippen LogP) is 3.91. The SMILES string of the molecule is CCN1CCCCCCCCCCC(NC(=O)c2cc3n[nH]nc3cc2OC)C1. The highest BCUT2D eigenvalue weighted by atomic mass is 16.5. The van der Waals surface area contributed by atoms with Crippen LogP contribution in [0.2, 0.25) is 0 Å². The summed E-state index contributed by atoms with van der Waals surface area (Å²) in [5.74, 6) is 0.429. The lowest BCUT2D eigenvalue weighted by Gasteiger charge is -2.27. The monoisotopic (exact) mass is 401 g/mol. The van der Waals surface area contributed by atoms with Crippen LogP contribution in [-0.4, -0.2) is 59.0 Å². The van der Waals surface area contributed by atoms with Gasteiger partial charge < -0.3 is 15.0 Å². The van der Waals surface area contributed by atoms with Crippen molar-refractivity contribution in [2.24, 2.45) is 0 Å². The number of aromatic nitrogens is 3. The van der Waals surface area contributed by atoms with Crippen molar-refractivity contribution in [2.45, 2.75) is 70.8 Å². The molecule has 1 aromatic carbocycles. The lowest BCUT2D eigenvalue weighted by atomic mass is 10.0. The Morgan fingerprint density at radius 1 is 1.10 bits per heavy atom. The zero-order chi connectivity index (χ0) is 20.5. The summed E-state index contributed by atoms with van der Waals surface area (Å²) in [5, 5.41) is 14.1. The van der Waals surface area contributed by atoms with Gasteiger partial charge in [0.15, 0.2) is 0 Å². The van der Waals surface area contributed by atoms with Gasteiger partial charge in [0.2, 0.25) is 0 Å². The van der Waals surface area contributed by atoms with Gasteiger partial charge in [0, 0.05) is 18.7 Å². The summed E-state index contributed by atoms with van der Waals surface area (Å²) < 4.78 is 5.45. The third-order valence-corrected chi connectivity index (χ3v) is 5.92. The van der Waals surface area contributed by atoms with E-state index in [1.54, 1.807) is 19.2 Å². The number of H-pyrrole nitrogens is 1. The fourth-order valence-corrected chi connectivity index (χ4v) is 4.17. The molecule has 0 aliphatic carbocycles. The van der Waals surface area contributed by atoms with Gasteiger partial charge in [-0.05, 0) is 32.0 Å². The number of nitrogens with one attached hydrogen (secondary N) is 2. The lowest BCUT2D eigenvalue weighted by molar-refractivity contribution is 0.0918. The van der Waals surface area contributed by atoms with Crippen LogP contribution in [0.3, 0.4) is 0 Å². The first-order chi connectivity index (χ1) is 14.2. The Morgan fingerprint density at radius 3 is 2.45 bits per heavy atom. The summed E-state index contributed by atoms with van der Waals surface area (Å²) in [6, 6.07) is 3.65. The molecule has 0 spiro atoms. The smallest absolute Gasteiger partial charge is 0.255 e. The van der Waals surface area contributed by atoms with Crippen molar-refractivity contribution >= 4 is 16.9 Å². The zero-order valence-electron chi connectivity index (χ0n) is 17.9. The van der Waals surface area contributed by atoms with Crippen molar-refractivity contribution in [2.75, 3.05) is 26.7 Å². The van der Waals surface area contributed by atoms with Gasteiger partial charge >= 0.3 is 0 Å². The van der Waals surface area contributed by atoms with Gasteiger partial charge in [-0.25, -0.2) is 0 Å². The number of fused-ring (bicyclic) bond motifs is 1. The van der Waals surface area contributed by atoms with E-state index in [0.29, 0.717) is 22.3 Å². The van der Waals surface area contributed by atoms with Crippen molar-refractivity contribution in [3.63, 3.8) is 0 Å². The minimum Gasteiger partial charge on any atom is -0.496 e. The molecule has 1 fully saturated rings. The Balaban J connectivity index is 1.72. The molecule has 1 aliphatic heterocycles. The maximum absolute atomic E-state index is 13.1. The van der Waals surface area contributed by atoms with Gasteiger partial charge in [-0.1, -0.05) is 51.9 Å². The van der Waals surface area contributed by atoms with Crippen LogP contribution < -0.4 is 10.1 Å². The molecule has 2 heterocycles. The molecule has 1 unspecified atom stereocenters. The van der Waals surface area contributed by atoms with E-state index < -0.39 is 0 Å². The fourth-order valence-electron chi connectivity index (χ4n) is 4.17. The molecule has 0 radical (unpaired) electrons. The van der Waals surface area contributed by atoms with Crippen molar-refractivity contribution in [1.82, 2.24) is 25.6 Å². The maximum Gasteiger partial charge on any atom is 0.255 e. The number of hydrogen-bond acceptors (Lipinski definition) is 5. The molecule has 1 atom stereocenters. The van der Waals surface area contributed by atoms with Crippen LogP contribution in [0.5, 0.6) is 5.75 Å². The van der Waals surface area contributed by atoms with Crippen LogP contribution >= 0.6 is 0 Å². The molecular formula is C22H35N5O2. The number of rotatable bonds is 4. The molecule has 1 aliphatic rings. The van der Waals surface area contributed by atoms with Crippen molar-refractivity contribution < 1.29 is 9.53 Å². The maximum atomic E-state index is 13.1. The second-order valence-electron chi connectivity index (χ2n) is 8.05. The topological polar surface area (TPSA) is 83.1 Å². The minimum absolute atomic E-state index is 0.0999. The largest absolute Gasteiger partial charge is 0.496 e. The third-order valence-electron chi connectivity index (χ3n) is 5.92. The van der Waals surface area contributed by atoms with Crippen LogP contribution in [0.25, 0.3) is 11.0 Å². The second kappa shape index (κ2) is 11.1. The van der Waals surface area contributed by atoms with E-state index in [9.17, 15) is 4.79 Å². The third kappa shape index (κ3) is 6.16. The molecule has 0 saturated carbocycles. The summed E-state index contributed by atoms with van der Waals surface area (Å²) in [4.78, 5) is 15.6. The summed E-state index contributed by atoms with van der Waals surface area (Å²) >= 11 is 0. The van der Waals surface area contributed by atoms with E-state index in [1.807, 2.05) is 0 Å². The number of amides is 1. The first kappa shape index (κ1) is 21.6. The molecule has 0 bridgehead atoms. The average Bonchev–Trinajstić information content (AvgIpc) is 3.20. The van der Waals surface area contributed by atoms with Crippen LogP contribution in [0.1, 0.15) is 75.1 Å². The average molecular weight is 402 g/mol. The van der Waals surface area contributed by atoms with Crippen LogP contribution in [0.15, 0.2) is 12.1 Å². The van der Waals surface area contributed by atoms with Gasteiger partial charge in [0.05, 0.1) is 12.7 Å². The number of aromatic amines is 1. The number of likely N-dealkylation sites (N-methyl/N-ethyl adjacent to an activating group) is 1. The highest BCUT2D eigenvalue weighted by Gasteiger charge is 2.20.